The van der Waals surface area contributed by atoms with E-state index in [1.165, 1.54) is 36.3 Å². The quantitative estimate of drug-likeness (QED) is 0.813. The van der Waals surface area contributed by atoms with E-state index >= 15 is 0 Å². The summed E-state index contributed by atoms with van der Waals surface area (Å²) in [7, 11) is -1.08. The molecule has 2 aromatic carbocycles. The van der Waals surface area contributed by atoms with Crippen molar-refractivity contribution in [2.45, 2.75) is 24.2 Å². The van der Waals surface area contributed by atoms with Gasteiger partial charge >= 0.3 is 5.97 Å². The molecular weight excluding hydrogens is 368 g/mol. The van der Waals surface area contributed by atoms with Crippen molar-refractivity contribution in [1.82, 2.24) is 0 Å². The highest BCUT2D eigenvalue weighted by Gasteiger charge is 2.42. The van der Waals surface area contributed by atoms with Gasteiger partial charge in [0.2, 0.25) is 5.91 Å². The van der Waals surface area contributed by atoms with Gasteiger partial charge in [0.15, 0.2) is 0 Å². The molecular formula is C19H20N2O5S. The number of hydrogen-bond acceptors (Lipinski definition) is 5. The van der Waals surface area contributed by atoms with Crippen LogP contribution in [-0.2, 0) is 25.0 Å². The van der Waals surface area contributed by atoms with Gasteiger partial charge in [0.1, 0.15) is 0 Å². The molecule has 7 nitrogen and oxygen atoms in total. The lowest BCUT2D eigenvalue weighted by Gasteiger charge is -2.17. The Morgan fingerprint density at radius 3 is 2.48 bits per heavy atom. The van der Waals surface area contributed by atoms with Crippen molar-refractivity contribution >= 4 is 33.3 Å². The molecule has 0 saturated carbocycles. The topological polar surface area (TPSA) is 92.8 Å². The summed E-state index contributed by atoms with van der Waals surface area (Å²) in [6.07, 6.45) is 0. The fraction of sp³-hybridized carbons (Fsp3) is 0.263. The highest BCUT2D eigenvalue weighted by Crippen LogP contribution is 2.41. The van der Waals surface area contributed by atoms with E-state index in [-0.39, 0.29) is 22.1 Å². The number of benzene rings is 2. The van der Waals surface area contributed by atoms with Crippen LogP contribution in [0.1, 0.15) is 29.8 Å². The molecule has 1 N–H and O–H groups in total. The number of rotatable bonds is 4. The lowest BCUT2D eigenvalue weighted by atomic mass is 9.86. The van der Waals surface area contributed by atoms with E-state index in [4.69, 9.17) is 4.74 Å². The maximum atomic E-state index is 12.9. The summed E-state index contributed by atoms with van der Waals surface area (Å²) in [6.45, 7) is 3.52. The van der Waals surface area contributed by atoms with Gasteiger partial charge in [0.05, 0.1) is 28.7 Å². The maximum Gasteiger partial charge on any atom is 0.339 e. The molecule has 1 amide bonds. The fourth-order valence-electron chi connectivity index (χ4n) is 3.18. The second-order valence-corrected chi connectivity index (χ2v) is 8.49. The Hall–Kier alpha value is -2.87. The summed E-state index contributed by atoms with van der Waals surface area (Å²) in [5, 5.41) is 0. The molecule has 0 aromatic heterocycles. The predicted octanol–water partition coefficient (Wildman–Crippen LogP) is 2.53. The Balaban J connectivity index is 2.03. The van der Waals surface area contributed by atoms with Crippen LogP contribution in [0.15, 0.2) is 47.4 Å². The monoisotopic (exact) mass is 388 g/mol. The molecule has 1 aliphatic heterocycles. The summed E-state index contributed by atoms with van der Waals surface area (Å²) >= 11 is 0. The number of hydrogen-bond donors (Lipinski definition) is 1. The second kappa shape index (κ2) is 6.38. The van der Waals surface area contributed by atoms with Crippen LogP contribution >= 0.6 is 0 Å². The zero-order valence-corrected chi connectivity index (χ0v) is 16.3. The first-order valence-corrected chi connectivity index (χ1v) is 9.71. The first-order chi connectivity index (χ1) is 12.6. The van der Waals surface area contributed by atoms with Crippen LogP contribution in [0.2, 0.25) is 0 Å². The van der Waals surface area contributed by atoms with Gasteiger partial charge in [-0.1, -0.05) is 12.1 Å². The Kier molecular flexibility index (Phi) is 4.47. The van der Waals surface area contributed by atoms with Crippen LogP contribution in [0, 0.1) is 0 Å². The van der Waals surface area contributed by atoms with E-state index in [1.807, 2.05) is 0 Å². The van der Waals surface area contributed by atoms with Crippen molar-refractivity contribution in [2.75, 3.05) is 23.8 Å². The van der Waals surface area contributed by atoms with Gasteiger partial charge < -0.3 is 9.64 Å². The smallest absolute Gasteiger partial charge is 0.339 e. The number of nitrogens with one attached hydrogen (secondary N) is 1. The summed E-state index contributed by atoms with van der Waals surface area (Å²) in [5.74, 6) is -0.744. The molecule has 0 spiro atoms. The largest absolute Gasteiger partial charge is 0.465 e. The van der Waals surface area contributed by atoms with Gasteiger partial charge in [-0.15, -0.1) is 0 Å². The van der Waals surface area contributed by atoms with Crippen LogP contribution in [-0.4, -0.2) is 34.5 Å². The molecule has 1 heterocycles. The van der Waals surface area contributed by atoms with Crippen molar-refractivity contribution in [3.63, 3.8) is 0 Å². The highest BCUT2D eigenvalue weighted by molar-refractivity contribution is 7.92. The normalized spacial score (nSPS) is 15.4. The summed E-state index contributed by atoms with van der Waals surface area (Å²) in [6, 6.07) is 10.7. The Morgan fingerprint density at radius 1 is 1.15 bits per heavy atom. The van der Waals surface area contributed by atoms with Gasteiger partial charge in [0.25, 0.3) is 10.0 Å². The number of carbonyl (C=O) groups excluding carboxylic acids is 2. The van der Waals surface area contributed by atoms with E-state index in [0.29, 0.717) is 11.3 Å². The average molecular weight is 388 g/mol. The van der Waals surface area contributed by atoms with E-state index < -0.39 is 21.4 Å². The number of carbonyl (C=O) groups is 2. The van der Waals surface area contributed by atoms with Crippen LogP contribution in [0.3, 0.4) is 0 Å². The molecule has 2 aromatic rings. The fourth-order valence-corrected chi connectivity index (χ4v) is 4.29. The van der Waals surface area contributed by atoms with E-state index in [2.05, 4.69) is 4.72 Å². The number of fused-ring (bicyclic) bond motifs is 1. The van der Waals surface area contributed by atoms with E-state index in [0.717, 1.165) is 0 Å². The molecule has 0 aliphatic carbocycles. The molecule has 0 unspecified atom stereocenters. The van der Waals surface area contributed by atoms with Crippen molar-refractivity contribution in [1.29, 1.82) is 0 Å². The maximum absolute atomic E-state index is 12.9. The second-order valence-electron chi connectivity index (χ2n) is 6.81. The third-order valence-corrected chi connectivity index (χ3v) is 6.09. The molecule has 8 heteroatoms. The zero-order valence-electron chi connectivity index (χ0n) is 15.4. The van der Waals surface area contributed by atoms with Gasteiger partial charge in [-0.2, -0.15) is 0 Å². The number of methoxy groups -OCH3 is 1. The standard InChI is InChI=1S/C19H20N2O5S/c1-19(2)14-11-12(9-10-16(14)21(3)18(19)23)27(24,25)20-15-8-6-5-7-13(15)17(22)26-4/h5-11,20H,1-4H3. The van der Waals surface area contributed by atoms with Crippen molar-refractivity contribution < 1.29 is 22.7 Å². The SMILES string of the molecule is COC(=O)c1ccccc1NS(=O)(=O)c1ccc2c(c1)C(C)(C)C(=O)N2C. The third-order valence-electron chi connectivity index (χ3n) is 4.73. The first kappa shape index (κ1) is 18.9. The molecule has 3 rings (SSSR count). The Bertz CT molecular complexity index is 1040. The molecule has 1 aliphatic rings. The molecule has 0 bridgehead atoms. The van der Waals surface area contributed by atoms with Crippen molar-refractivity contribution in [3.8, 4) is 0 Å². The van der Waals surface area contributed by atoms with Gasteiger partial charge in [-0.05, 0) is 49.7 Å². The number of likely N-dealkylation sites (N-methyl/N-ethyl adjacent to an activating group) is 1. The molecule has 0 saturated heterocycles. The number of ether oxygens (including phenoxy) is 1. The minimum atomic E-state index is -3.97. The first-order valence-electron chi connectivity index (χ1n) is 8.22. The molecule has 0 radical (unpaired) electrons. The number of anilines is 2. The Morgan fingerprint density at radius 2 is 1.81 bits per heavy atom. The lowest BCUT2D eigenvalue weighted by molar-refractivity contribution is -0.121. The van der Waals surface area contributed by atoms with Crippen molar-refractivity contribution in [3.05, 3.63) is 53.6 Å². The summed E-state index contributed by atoms with van der Waals surface area (Å²) in [4.78, 5) is 25.8. The molecule has 0 fully saturated rings. The zero-order chi connectivity index (χ0) is 20.0. The van der Waals surface area contributed by atoms with Crippen LogP contribution in [0.5, 0.6) is 0 Å². The number of sulfonamides is 1. The summed E-state index contributed by atoms with van der Waals surface area (Å²) in [5.41, 5.74) is 0.731. The average Bonchev–Trinajstić information content (AvgIpc) is 2.81. The number of esters is 1. The van der Waals surface area contributed by atoms with Crippen LogP contribution < -0.4 is 9.62 Å². The molecule has 27 heavy (non-hydrogen) atoms. The van der Waals surface area contributed by atoms with Crippen molar-refractivity contribution in [2.24, 2.45) is 0 Å². The molecule has 142 valence electrons. The lowest BCUT2D eigenvalue weighted by Crippen LogP contribution is -2.33. The number of para-hydroxylation sites is 1. The van der Waals surface area contributed by atoms with E-state index in [1.54, 1.807) is 39.1 Å². The highest BCUT2D eigenvalue weighted by atomic mass is 32.2. The minimum Gasteiger partial charge on any atom is -0.465 e. The van der Waals surface area contributed by atoms with Gasteiger partial charge in [0, 0.05) is 12.7 Å². The van der Waals surface area contributed by atoms with Crippen LogP contribution in [0.4, 0.5) is 11.4 Å². The number of amides is 1. The summed E-state index contributed by atoms with van der Waals surface area (Å²) < 4.78 is 32.9. The van der Waals surface area contributed by atoms with E-state index in [9.17, 15) is 18.0 Å². The van der Waals surface area contributed by atoms with Gasteiger partial charge in [-0.3, -0.25) is 9.52 Å². The minimum absolute atomic E-state index is 0.0112. The number of nitrogens with zero attached hydrogens (tertiary/aromatic N) is 1. The molecule has 0 atom stereocenters. The third kappa shape index (κ3) is 3.06. The Labute approximate surface area is 158 Å². The predicted molar refractivity (Wildman–Crippen MR) is 101 cm³/mol. The van der Waals surface area contributed by atoms with Gasteiger partial charge in [-0.25, -0.2) is 13.2 Å². The van der Waals surface area contributed by atoms with Crippen LogP contribution in [0.25, 0.3) is 0 Å².